The molecule has 2 aliphatic rings. The molecule has 0 bridgehead atoms. The molecule has 1 aromatic heterocycles. The van der Waals surface area contributed by atoms with Gasteiger partial charge in [-0.15, -0.1) is 0 Å². The quantitative estimate of drug-likeness (QED) is 0.728. The van der Waals surface area contributed by atoms with Crippen molar-refractivity contribution >= 4 is 11.9 Å². The van der Waals surface area contributed by atoms with Crippen LogP contribution in [-0.4, -0.2) is 35.0 Å². The van der Waals surface area contributed by atoms with E-state index < -0.39 is 11.9 Å². The molecule has 9 heteroatoms. The predicted molar refractivity (Wildman–Crippen MR) is 105 cm³/mol. The summed E-state index contributed by atoms with van der Waals surface area (Å²) in [4.78, 5) is 25.8. The van der Waals surface area contributed by atoms with Gasteiger partial charge in [0.1, 0.15) is 5.82 Å². The van der Waals surface area contributed by atoms with E-state index in [0.717, 1.165) is 5.56 Å². The number of nitrogens with zero attached hydrogens (tertiary/aromatic N) is 3. The molecule has 0 spiro atoms. The fourth-order valence-electron chi connectivity index (χ4n) is 3.72. The zero-order chi connectivity index (χ0) is 20.7. The molecule has 29 heavy (non-hydrogen) atoms. The van der Waals surface area contributed by atoms with E-state index in [4.69, 9.17) is 10.5 Å². The lowest BCUT2D eigenvalue weighted by Crippen LogP contribution is -2.49. The van der Waals surface area contributed by atoms with Crippen LogP contribution in [0.3, 0.4) is 0 Å². The van der Waals surface area contributed by atoms with E-state index in [-0.39, 0.29) is 17.9 Å². The standard InChI is InChI=1S/C20H21FN6O2/c1-9-8-23-17(27-19(9)29-3)13-6-11(21)4-5-12(13)14-7-15-16(18(28)25-14)10(2)24-20(22)26-15/h4-6,8,10,14H,7H2,1-3H3,(H,25,28)(H3,22,24,26)/t10?,14-/m1/s1. The number of nitrogens with one attached hydrogen (secondary N) is 2. The van der Waals surface area contributed by atoms with Crippen LogP contribution in [0.15, 0.2) is 40.7 Å². The second-order valence-corrected chi connectivity index (χ2v) is 7.07. The van der Waals surface area contributed by atoms with Crippen LogP contribution < -0.4 is 21.1 Å². The molecular formula is C20H21FN6O2. The maximum absolute atomic E-state index is 14.1. The summed E-state index contributed by atoms with van der Waals surface area (Å²) >= 11 is 0. The Morgan fingerprint density at radius 2 is 2.10 bits per heavy atom. The Balaban J connectivity index is 1.78. The Bertz CT molecular complexity index is 1060. The van der Waals surface area contributed by atoms with Gasteiger partial charge >= 0.3 is 0 Å². The summed E-state index contributed by atoms with van der Waals surface area (Å²) in [6, 6.07) is 3.69. The van der Waals surface area contributed by atoms with Crippen molar-refractivity contribution in [2.24, 2.45) is 10.7 Å². The van der Waals surface area contributed by atoms with Crippen molar-refractivity contribution in [2.75, 3.05) is 7.11 Å². The minimum atomic E-state index is -0.424. The van der Waals surface area contributed by atoms with Gasteiger partial charge in [-0.25, -0.2) is 14.4 Å². The van der Waals surface area contributed by atoms with Gasteiger partial charge in [-0.3, -0.25) is 4.79 Å². The number of guanidine groups is 1. The van der Waals surface area contributed by atoms with Crippen molar-refractivity contribution in [2.45, 2.75) is 32.4 Å². The Hall–Kier alpha value is -3.49. The number of ether oxygens (including phenoxy) is 1. The van der Waals surface area contributed by atoms with E-state index in [1.807, 2.05) is 13.8 Å². The lowest BCUT2D eigenvalue weighted by molar-refractivity contribution is -0.119. The molecule has 0 fully saturated rings. The first kappa shape index (κ1) is 18.9. The molecule has 0 radical (unpaired) electrons. The fourth-order valence-corrected chi connectivity index (χ4v) is 3.72. The summed E-state index contributed by atoms with van der Waals surface area (Å²) in [5.41, 5.74) is 8.97. The highest BCUT2D eigenvalue weighted by Crippen LogP contribution is 2.36. The molecule has 2 aliphatic heterocycles. The van der Waals surface area contributed by atoms with E-state index in [9.17, 15) is 9.18 Å². The molecule has 0 saturated carbocycles. The molecule has 0 saturated heterocycles. The van der Waals surface area contributed by atoms with Crippen LogP contribution >= 0.6 is 0 Å². The zero-order valence-electron chi connectivity index (χ0n) is 16.3. The van der Waals surface area contributed by atoms with E-state index in [1.54, 1.807) is 12.3 Å². The van der Waals surface area contributed by atoms with Crippen LogP contribution in [0.5, 0.6) is 5.88 Å². The predicted octanol–water partition coefficient (Wildman–Crippen LogP) is 1.72. The molecule has 1 amide bonds. The van der Waals surface area contributed by atoms with Crippen molar-refractivity contribution in [3.8, 4) is 17.3 Å². The normalized spacial score (nSPS) is 21.1. The molecule has 4 rings (SSSR count). The van der Waals surface area contributed by atoms with Gasteiger partial charge in [-0.1, -0.05) is 6.07 Å². The highest BCUT2D eigenvalue weighted by atomic mass is 19.1. The highest BCUT2D eigenvalue weighted by Gasteiger charge is 2.34. The Morgan fingerprint density at radius 1 is 1.31 bits per heavy atom. The third-order valence-corrected chi connectivity index (χ3v) is 5.06. The number of benzene rings is 1. The molecule has 0 aliphatic carbocycles. The lowest BCUT2D eigenvalue weighted by atomic mass is 9.89. The van der Waals surface area contributed by atoms with Gasteiger partial charge in [-0.2, -0.15) is 4.98 Å². The van der Waals surface area contributed by atoms with Crippen LogP contribution in [0.4, 0.5) is 4.39 Å². The number of carbonyl (C=O) groups excluding carboxylic acids is 1. The van der Waals surface area contributed by atoms with Gasteiger partial charge < -0.3 is 21.1 Å². The SMILES string of the molecule is COc1nc(-c2cc(F)ccc2[C@H]2CC3=C(C(=O)N2)C(C)NC(N)=N3)ncc1C. The maximum Gasteiger partial charge on any atom is 0.251 e. The first-order valence-electron chi connectivity index (χ1n) is 9.19. The van der Waals surface area contributed by atoms with Gasteiger partial charge in [-0.05, 0) is 31.5 Å². The largest absolute Gasteiger partial charge is 0.481 e. The monoisotopic (exact) mass is 396 g/mol. The molecule has 2 aromatic rings. The summed E-state index contributed by atoms with van der Waals surface area (Å²) in [6.07, 6.45) is 2.05. The number of hydrogen-bond acceptors (Lipinski definition) is 7. The number of carbonyl (C=O) groups is 1. The molecule has 1 unspecified atom stereocenters. The number of amides is 1. The maximum atomic E-state index is 14.1. The number of hydrogen-bond donors (Lipinski definition) is 3. The van der Waals surface area contributed by atoms with Gasteiger partial charge in [0.05, 0.1) is 30.5 Å². The average molecular weight is 396 g/mol. The third kappa shape index (κ3) is 3.39. The summed E-state index contributed by atoms with van der Waals surface area (Å²) in [6.45, 7) is 3.68. The number of nitrogens with two attached hydrogens (primary N) is 1. The third-order valence-electron chi connectivity index (χ3n) is 5.06. The van der Waals surface area contributed by atoms with E-state index >= 15 is 0 Å². The summed E-state index contributed by atoms with van der Waals surface area (Å²) in [5, 5.41) is 5.94. The van der Waals surface area contributed by atoms with E-state index in [1.165, 1.54) is 19.2 Å². The Kier molecular flexibility index (Phi) is 4.65. The van der Waals surface area contributed by atoms with Gasteiger partial charge in [0.25, 0.3) is 5.91 Å². The number of halogens is 1. The first-order chi connectivity index (χ1) is 13.9. The molecule has 3 heterocycles. The van der Waals surface area contributed by atoms with Crippen LogP contribution in [0.25, 0.3) is 11.4 Å². The minimum absolute atomic E-state index is 0.231. The molecule has 2 atom stereocenters. The molecule has 8 nitrogen and oxygen atoms in total. The van der Waals surface area contributed by atoms with E-state index in [2.05, 4.69) is 25.6 Å². The van der Waals surface area contributed by atoms with Crippen molar-refractivity contribution in [3.05, 3.63) is 52.6 Å². The van der Waals surface area contributed by atoms with Gasteiger partial charge in [0.15, 0.2) is 11.8 Å². The molecular weight excluding hydrogens is 375 g/mol. The average Bonchev–Trinajstić information content (AvgIpc) is 2.67. The van der Waals surface area contributed by atoms with Crippen molar-refractivity contribution < 1.29 is 13.9 Å². The highest BCUT2D eigenvalue weighted by molar-refractivity contribution is 5.99. The van der Waals surface area contributed by atoms with Gasteiger partial charge in [0, 0.05) is 23.7 Å². The van der Waals surface area contributed by atoms with Crippen LogP contribution in [0, 0.1) is 12.7 Å². The summed E-state index contributed by atoms with van der Waals surface area (Å²) in [7, 11) is 1.52. The number of aliphatic imine (C=N–C) groups is 1. The minimum Gasteiger partial charge on any atom is -0.481 e. The molecule has 150 valence electrons. The fraction of sp³-hybridized carbons (Fsp3) is 0.300. The van der Waals surface area contributed by atoms with Crippen molar-refractivity contribution in [3.63, 3.8) is 0 Å². The lowest BCUT2D eigenvalue weighted by Gasteiger charge is -2.33. The Labute approximate surface area is 167 Å². The molecule has 4 N–H and O–H groups in total. The number of methoxy groups -OCH3 is 1. The number of rotatable bonds is 3. The summed E-state index contributed by atoms with van der Waals surface area (Å²) in [5.74, 6) is 0.345. The Morgan fingerprint density at radius 3 is 2.86 bits per heavy atom. The smallest absolute Gasteiger partial charge is 0.251 e. The van der Waals surface area contributed by atoms with Crippen LogP contribution in [0.2, 0.25) is 0 Å². The topological polar surface area (TPSA) is 115 Å². The second kappa shape index (κ2) is 7.16. The van der Waals surface area contributed by atoms with Crippen molar-refractivity contribution in [1.82, 2.24) is 20.6 Å². The number of aryl methyl sites for hydroxylation is 1. The zero-order valence-corrected chi connectivity index (χ0v) is 16.3. The van der Waals surface area contributed by atoms with E-state index in [0.29, 0.717) is 40.5 Å². The van der Waals surface area contributed by atoms with Crippen LogP contribution in [0.1, 0.15) is 30.5 Å². The summed E-state index contributed by atoms with van der Waals surface area (Å²) < 4.78 is 19.4. The molecule has 1 aromatic carbocycles. The number of aromatic nitrogens is 2. The van der Waals surface area contributed by atoms with Crippen molar-refractivity contribution in [1.29, 1.82) is 0 Å². The second-order valence-electron chi connectivity index (χ2n) is 7.07. The van der Waals surface area contributed by atoms with Crippen LogP contribution in [-0.2, 0) is 4.79 Å². The van der Waals surface area contributed by atoms with Gasteiger partial charge in [0.2, 0.25) is 5.88 Å². The first-order valence-corrected chi connectivity index (χ1v) is 9.19.